The quantitative estimate of drug-likeness (QED) is 0.767. The predicted molar refractivity (Wildman–Crippen MR) is 99.9 cm³/mol. The molecule has 1 heterocycles. The minimum absolute atomic E-state index is 0.0476. The molecule has 1 saturated heterocycles. The summed E-state index contributed by atoms with van der Waals surface area (Å²) < 4.78 is 33.4. The van der Waals surface area contributed by atoms with Gasteiger partial charge >= 0.3 is 0 Å². The Morgan fingerprint density at radius 3 is 2.26 bits per heavy atom. The smallest absolute Gasteiger partial charge is 0.241 e. The number of benzene rings is 2. The first kappa shape index (κ1) is 19.1. The molecule has 1 N–H and O–H groups in total. The van der Waals surface area contributed by atoms with E-state index in [2.05, 4.69) is 4.72 Å². The van der Waals surface area contributed by atoms with Gasteiger partial charge in [0.1, 0.15) is 5.75 Å². The molecule has 2 amide bonds. The van der Waals surface area contributed by atoms with Crippen LogP contribution in [0.25, 0.3) is 0 Å². The Kier molecular flexibility index (Phi) is 5.29. The summed E-state index contributed by atoms with van der Waals surface area (Å²) in [6, 6.07) is 12.8. The molecule has 7 nitrogen and oxygen atoms in total. The predicted octanol–water partition coefficient (Wildman–Crippen LogP) is 2.39. The third kappa shape index (κ3) is 3.86. The average molecular weight is 388 g/mol. The molecule has 0 unspecified atom stereocenters. The second kappa shape index (κ2) is 7.50. The lowest BCUT2D eigenvalue weighted by Gasteiger charge is -2.19. The summed E-state index contributed by atoms with van der Waals surface area (Å²) in [5, 5.41) is 0. The van der Waals surface area contributed by atoms with Crippen molar-refractivity contribution in [2.45, 2.75) is 30.7 Å². The normalized spacial score (nSPS) is 15.9. The first-order valence-corrected chi connectivity index (χ1v) is 9.93. The minimum Gasteiger partial charge on any atom is -0.495 e. The Labute approximate surface area is 158 Å². The number of ether oxygens (including phenoxy) is 1. The number of rotatable bonds is 6. The van der Waals surface area contributed by atoms with E-state index >= 15 is 0 Å². The highest BCUT2D eigenvalue weighted by molar-refractivity contribution is 7.89. The number of nitrogens with one attached hydrogen (secondary N) is 1. The second-order valence-corrected chi connectivity index (χ2v) is 7.92. The van der Waals surface area contributed by atoms with Crippen LogP contribution in [0.4, 0.5) is 5.69 Å². The van der Waals surface area contributed by atoms with Gasteiger partial charge < -0.3 is 4.74 Å². The third-order valence-electron chi connectivity index (χ3n) is 4.38. The first-order valence-electron chi connectivity index (χ1n) is 8.44. The summed E-state index contributed by atoms with van der Waals surface area (Å²) in [6.45, 7) is 1.74. The number of imide groups is 1. The number of methoxy groups -OCH3 is 1. The van der Waals surface area contributed by atoms with E-state index in [0.717, 1.165) is 10.5 Å². The van der Waals surface area contributed by atoms with Crippen LogP contribution in [0.2, 0.25) is 0 Å². The number of nitrogens with zero attached hydrogens (tertiary/aromatic N) is 1. The van der Waals surface area contributed by atoms with Crippen LogP contribution in [0.3, 0.4) is 0 Å². The van der Waals surface area contributed by atoms with Crippen molar-refractivity contribution in [1.82, 2.24) is 4.72 Å². The zero-order valence-electron chi connectivity index (χ0n) is 15.0. The van der Waals surface area contributed by atoms with Crippen molar-refractivity contribution in [2.75, 3.05) is 12.0 Å². The Morgan fingerprint density at radius 1 is 1.04 bits per heavy atom. The molecule has 27 heavy (non-hydrogen) atoms. The molecule has 1 atom stereocenters. The molecule has 0 radical (unpaired) electrons. The Bertz CT molecular complexity index is 957. The molecule has 0 saturated carbocycles. The summed E-state index contributed by atoms with van der Waals surface area (Å²) in [5.74, 6) is -0.495. The third-order valence-corrected chi connectivity index (χ3v) is 5.92. The Morgan fingerprint density at radius 2 is 1.67 bits per heavy atom. The number of hydrogen-bond donors (Lipinski definition) is 1. The van der Waals surface area contributed by atoms with E-state index in [9.17, 15) is 18.0 Å². The van der Waals surface area contributed by atoms with Crippen LogP contribution >= 0.6 is 0 Å². The molecule has 0 bridgehead atoms. The van der Waals surface area contributed by atoms with Crippen LogP contribution in [0.15, 0.2) is 53.4 Å². The fraction of sp³-hybridized carbons (Fsp3) is 0.263. The van der Waals surface area contributed by atoms with Gasteiger partial charge in [-0.1, -0.05) is 30.3 Å². The van der Waals surface area contributed by atoms with Gasteiger partial charge in [0, 0.05) is 18.9 Å². The van der Waals surface area contributed by atoms with Crippen LogP contribution in [-0.4, -0.2) is 27.3 Å². The van der Waals surface area contributed by atoms with Gasteiger partial charge in [-0.15, -0.1) is 0 Å². The maximum absolute atomic E-state index is 12.8. The average Bonchev–Trinajstić information content (AvgIpc) is 2.99. The molecule has 0 aromatic heterocycles. The molecule has 2 aromatic carbocycles. The summed E-state index contributed by atoms with van der Waals surface area (Å²) in [6.07, 6.45) is 0.199. The number of sulfonamides is 1. The standard InChI is InChI=1S/C19H20N2O5S/c1-13(14-6-4-3-5-7-14)20-27(24,25)15-8-9-17(26-2)16(12-15)21-18(22)10-11-19(21)23/h3-9,12-13,20H,10-11H2,1-2H3/t13-/m0/s1. The highest BCUT2D eigenvalue weighted by Crippen LogP contribution is 2.34. The Hall–Kier alpha value is -2.71. The van der Waals surface area contributed by atoms with Gasteiger partial charge in [-0.2, -0.15) is 0 Å². The fourth-order valence-corrected chi connectivity index (χ4v) is 4.22. The van der Waals surface area contributed by atoms with E-state index in [4.69, 9.17) is 4.74 Å². The maximum Gasteiger partial charge on any atom is 0.241 e. The van der Waals surface area contributed by atoms with Gasteiger partial charge in [0.25, 0.3) is 0 Å². The molecule has 3 rings (SSSR count). The maximum atomic E-state index is 12.8. The van der Waals surface area contributed by atoms with Crippen molar-refractivity contribution in [1.29, 1.82) is 0 Å². The second-order valence-electron chi connectivity index (χ2n) is 6.21. The lowest BCUT2D eigenvalue weighted by molar-refractivity contribution is -0.121. The monoisotopic (exact) mass is 388 g/mol. The van der Waals surface area contributed by atoms with Gasteiger partial charge in [0.15, 0.2) is 0 Å². The molecular formula is C19H20N2O5S. The van der Waals surface area contributed by atoms with Crippen LogP contribution in [0, 0.1) is 0 Å². The molecule has 2 aromatic rings. The lowest BCUT2D eigenvalue weighted by atomic mass is 10.1. The van der Waals surface area contributed by atoms with Gasteiger partial charge in [0.05, 0.1) is 17.7 Å². The van der Waals surface area contributed by atoms with Crippen LogP contribution < -0.4 is 14.4 Å². The van der Waals surface area contributed by atoms with Crippen molar-refractivity contribution in [3.63, 3.8) is 0 Å². The highest BCUT2D eigenvalue weighted by Gasteiger charge is 2.33. The van der Waals surface area contributed by atoms with Gasteiger partial charge in [-0.05, 0) is 30.7 Å². The summed E-state index contributed by atoms with van der Waals surface area (Å²) in [5.41, 5.74) is 0.958. The zero-order chi connectivity index (χ0) is 19.6. The van der Waals surface area contributed by atoms with E-state index in [1.807, 2.05) is 30.3 Å². The summed E-state index contributed by atoms with van der Waals surface area (Å²) in [7, 11) is -2.48. The van der Waals surface area contributed by atoms with Crippen molar-refractivity contribution >= 4 is 27.5 Å². The molecule has 1 aliphatic rings. The fourth-order valence-electron chi connectivity index (χ4n) is 2.97. The first-order chi connectivity index (χ1) is 12.8. The molecule has 8 heteroatoms. The van der Waals surface area contributed by atoms with Gasteiger partial charge in [-0.25, -0.2) is 18.0 Å². The number of amides is 2. The van der Waals surface area contributed by atoms with Crippen molar-refractivity contribution < 1.29 is 22.7 Å². The van der Waals surface area contributed by atoms with Crippen molar-refractivity contribution in [2.24, 2.45) is 0 Å². The highest BCUT2D eigenvalue weighted by atomic mass is 32.2. The number of carbonyl (C=O) groups is 2. The van der Waals surface area contributed by atoms with Crippen molar-refractivity contribution in [3.05, 3.63) is 54.1 Å². The summed E-state index contributed by atoms with van der Waals surface area (Å²) >= 11 is 0. The van der Waals surface area contributed by atoms with E-state index < -0.39 is 16.1 Å². The topological polar surface area (TPSA) is 92.8 Å². The lowest BCUT2D eigenvalue weighted by Crippen LogP contribution is -2.30. The van der Waals surface area contributed by atoms with E-state index in [1.54, 1.807) is 6.92 Å². The molecule has 0 aliphatic carbocycles. The molecule has 0 spiro atoms. The van der Waals surface area contributed by atoms with Crippen LogP contribution in [0.1, 0.15) is 31.4 Å². The number of hydrogen-bond acceptors (Lipinski definition) is 5. The summed E-state index contributed by atoms with van der Waals surface area (Å²) in [4.78, 5) is 25.1. The molecule has 1 fully saturated rings. The van der Waals surface area contributed by atoms with E-state index in [0.29, 0.717) is 0 Å². The molecular weight excluding hydrogens is 368 g/mol. The largest absolute Gasteiger partial charge is 0.495 e. The van der Waals surface area contributed by atoms with Crippen LogP contribution in [-0.2, 0) is 19.6 Å². The van der Waals surface area contributed by atoms with Crippen LogP contribution in [0.5, 0.6) is 5.75 Å². The SMILES string of the molecule is COc1ccc(S(=O)(=O)N[C@@H](C)c2ccccc2)cc1N1C(=O)CCC1=O. The van der Waals surface area contributed by atoms with Crippen molar-refractivity contribution in [3.8, 4) is 5.75 Å². The van der Waals surface area contributed by atoms with E-state index in [-0.39, 0.29) is 41.0 Å². The number of carbonyl (C=O) groups excluding carboxylic acids is 2. The van der Waals surface area contributed by atoms with Gasteiger partial charge in [-0.3, -0.25) is 9.59 Å². The minimum atomic E-state index is -3.87. The number of anilines is 1. The molecule has 1 aliphatic heterocycles. The van der Waals surface area contributed by atoms with Gasteiger partial charge in [0.2, 0.25) is 21.8 Å². The van der Waals surface area contributed by atoms with E-state index in [1.165, 1.54) is 25.3 Å². The molecule has 142 valence electrons. The zero-order valence-corrected chi connectivity index (χ0v) is 15.8. The Balaban J connectivity index is 1.95.